The van der Waals surface area contributed by atoms with Gasteiger partial charge in [0.1, 0.15) is 0 Å². The molecule has 0 radical (unpaired) electrons. The average molecular weight is 302 g/mol. The Hall–Kier alpha value is -0.580. The minimum atomic E-state index is -3.34. The lowest BCUT2D eigenvalue weighted by molar-refractivity contribution is 0.375. The predicted molar refractivity (Wildman–Crippen MR) is 78.0 cm³/mol. The summed E-state index contributed by atoms with van der Waals surface area (Å²) in [4.78, 5) is 0.378. The van der Waals surface area contributed by atoms with Crippen molar-refractivity contribution in [2.75, 3.05) is 19.0 Å². The monoisotopic (exact) mass is 301 g/mol. The summed E-state index contributed by atoms with van der Waals surface area (Å²) < 4.78 is 26.6. The van der Waals surface area contributed by atoms with Crippen LogP contribution in [0.4, 0.5) is 0 Å². The maximum atomic E-state index is 12.5. The fourth-order valence-corrected chi connectivity index (χ4v) is 4.20. The lowest BCUT2D eigenvalue weighted by Gasteiger charge is -2.19. The van der Waals surface area contributed by atoms with Crippen molar-refractivity contribution in [2.45, 2.75) is 31.6 Å². The van der Waals surface area contributed by atoms with E-state index in [4.69, 9.17) is 11.6 Å². The largest absolute Gasteiger partial charge is 0.243 e. The van der Waals surface area contributed by atoms with Gasteiger partial charge in [-0.3, -0.25) is 0 Å². The Balaban J connectivity index is 2.20. The molecule has 2 rings (SSSR count). The maximum absolute atomic E-state index is 12.5. The topological polar surface area (TPSA) is 37.4 Å². The number of halogens is 1. The van der Waals surface area contributed by atoms with E-state index in [1.54, 1.807) is 16.4 Å². The van der Waals surface area contributed by atoms with Crippen LogP contribution in [0.2, 0.25) is 0 Å². The van der Waals surface area contributed by atoms with E-state index in [9.17, 15) is 8.42 Å². The molecule has 0 amide bonds. The van der Waals surface area contributed by atoms with E-state index >= 15 is 0 Å². The lowest BCUT2D eigenvalue weighted by Crippen LogP contribution is -2.30. The summed E-state index contributed by atoms with van der Waals surface area (Å²) in [5.74, 6) is 0.548. The van der Waals surface area contributed by atoms with E-state index in [1.807, 2.05) is 12.1 Å². The van der Waals surface area contributed by atoms with Gasteiger partial charge in [-0.2, -0.15) is 4.31 Å². The van der Waals surface area contributed by atoms with Crippen LogP contribution in [-0.2, 0) is 16.4 Å². The second-order valence-corrected chi connectivity index (χ2v) is 8.15. The summed E-state index contributed by atoms with van der Waals surface area (Å²) >= 11 is 5.67. The van der Waals surface area contributed by atoms with E-state index in [0.29, 0.717) is 23.9 Å². The molecular weight excluding hydrogens is 282 g/mol. The van der Waals surface area contributed by atoms with Crippen LogP contribution < -0.4 is 0 Å². The molecule has 1 aromatic rings. The molecule has 1 fully saturated rings. The molecule has 1 aromatic carbocycles. The minimum Gasteiger partial charge on any atom is -0.207 e. The van der Waals surface area contributed by atoms with Crippen LogP contribution in [0.5, 0.6) is 0 Å². The molecule has 106 valence electrons. The number of alkyl halides is 1. The summed E-state index contributed by atoms with van der Waals surface area (Å²) in [5, 5.41) is 0. The van der Waals surface area contributed by atoms with Gasteiger partial charge in [-0.15, -0.1) is 11.6 Å². The third-order valence-corrected chi connectivity index (χ3v) is 5.64. The van der Waals surface area contributed by atoms with Gasteiger partial charge in [0.05, 0.1) is 4.90 Å². The zero-order chi connectivity index (χ0) is 14.1. The van der Waals surface area contributed by atoms with Crippen molar-refractivity contribution in [1.29, 1.82) is 0 Å². The molecule has 3 nitrogen and oxygen atoms in total. The smallest absolute Gasteiger partial charge is 0.207 e. The third-order valence-electron chi connectivity index (χ3n) is 3.59. The Morgan fingerprint density at radius 2 is 1.89 bits per heavy atom. The van der Waals surface area contributed by atoms with Gasteiger partial charge in [0, 0.05) is 19.0 Å². The van der Waals surface area contributed by atoms with Crippen LogP contribution in [0.15, 0.2) is 29.2 Å². The van der Waals surface area contributed by atoms with Crippen molar-refractivity contribution >= 4 is 21.6 Å². The van der Waals surface area contributed by atoms with Crippen LogP contribution in [-0.4, -0.2) is 31.7 Å². The molecule has 1 aliphatic heterocycles. The van der Waals surface area contributed by atoms with Crippen molar-refractivity contribution in [3.63, 3.8) is 0 Å². The van der Waals surface area contributed by atoms with Crippen molar-refractivity contribution < 1.29 is 8.42 Å². The molecule has 1 aliphatic rings. The summed E-state index contributed by atoms with van der Waals surface area (Å²) in [5.41, 5.74) is 1.14. The van der Waals surface area contributed by atoms with Crippen LogP contribution in [0.1, 0.15) is 25.8 Å². The molecule has 1 heterocycles. The molecule has 0 atom stereocenters. The molecule has 0 unspecified atom stereocenters. The Labute approximate surface area is 120 Å². The van der Waals surface area contributed by atoms with Crippen LogP contribution in [0.25, 0.3) is 0 Å². The number of hydrogen-bond donors (Lipinski definition) is 0. The molecule has 1 saturated heterocycles. The Morgan fingerprint density at radius 3 is 2.37 bits per heavy atom. The normalized spacial score (nSPS) is 19.7. The molecule has 0 aromatic heterocycles. The standard InChI is InChI=1S/C14H20ClNO2S/c1-14(2)8-10-16(11-14)19(17,18)13-5-3-12(4-6-13)7-9-15/h3-6H,7-11H2,1-2H3. The molecular formula is C14H20ClNO2S. The van der Waals surface area contributed by atoms with Crippen molar-refractivity contribution in [1.82, 2.24) is 4.31 Å². The highest BCUT2D eigenvalue weighted by Crippen LogP contribution is 2.32. The third kappa shape index (κ3) is 3.30. The maximum Gasteiger partial charge on any atom is 0.243 e. The summed E-state index contributed by atoms with van der Waals surface area (Å²) in [6, 6.07) is 7.05. The number of aryl methyl sites for hydroxylation is 1. The SMILES string of the molecule is CC1(C)CCN(S(=O)(=O)c2ccc(CCCl)cc2)C1. The summed E-state index contributed by atoms with van der Waals surface area (Å²) in [7, 11) is -3.34. The minimum absolute atomic E-state index is 0.0750. The zero-order valence-electron chi connectivity index (χ0n) is 11.4. The molecule has 0 spiro atoms. The van der Waals surface area contributed by atoms with E-state index in [-0.39, 0.29) is 5.41 Å². The number of hydrogen-bond acceptors (Lipinski definition) is 2. The molecule has 0 bridgehead atoms. The molecule has 0 N–H and O–H groups in total. The van der Waals surface area contributed by atoms with Gasteiger partial charge in [-0.1, -0.05) is 26.0 Å². The van der Waals surface area contributed by atoms with Gasteiger partial charge in [0.2, 0.25) is 10.0 Å². The number of rotatable bonds is 4. The van der Waals surface area contributed by atoms with Crippen LogP contribution >= 0.6 is 11.6 Å². The Morgan fingerprint density at radius 1 is 1.26 bits per heavy atom. The molecule has 5 heteroatoms. The highest BCUT2D eigenvalue weighted by Gasteiger charge is 2.36. The lowest BCUT2D eigenvalue weighted by atomic mass is 9.93. The molecule has 0 saturated carbocycles. The first-order valence-corrected chi connectivity index (χ1v) is 8.48. The van der Waals surface area contributed by atoms with Crippen molar-refractivity contribution in [3.8, 4) is 0 Å². The van der Waals surface area contributed by atoms with Crippen LogP contribution in [0, 0.1) is 5.41 Å². The summed E-state index contributed by atoms with van der Waals surface area (Å²) in [6.07, 6.45) is 1.68. The van der Waals surface area contributed by atoms with Gasteiger partial charge in [-0.05, 0) is 36.0 Å². The first-order chi connectivity index (χ1) is 8.85. The van der Waals surface area contributed by atoms with Crippen LogP contribution in [0.3, 0.4) is 0 Å². The van der Waals surface area contributed by atoms with Gasteiger partial charge in [0.25, 0.3) is 0 Å². The second kappa shape index (κ2) is 5.43. The highest BCUT2D eigenvalue weighted by atomic mass is 35.5. The fourth-order valence-electron chi connectivity index (χ4n) is 2.35. The van der Waals surface area contributed by atoms with E-state index in [1.165, 1.54) is 0 Å². The zero-order valence-corrected chi connectivity index (χ0v) is 13.0. The molecule has 0 aliphatic carbocycles. The number of benzene rings is 1. The average Bonchev–Trinajstić information content (AvgIpc) is 2.71. The number of sulfonamides is 1. The first kappa shape index (κ1) is 14.8. The summed E-state index contributed by atoms with van der Waals surface area (Å²) in [6.45, 7) is 5.41. The van der Waals surface area contributed by atoms with E-state index in [2.05, 4.69) is 13.8 Å². The van der Waals surface area contributed by atoms with Gasteiger partial charge < -0.3 is 0 Å². The van der Waals surface area contributed by atoms with Gasteiger partial charge >= 0.3 is 0 Å². The Kier molecular flexibility index (Phi) is 4.23. The fraction of sp³-hybridized carbons (Fsp3) is 0.571. The van der Waals surface area contributed by atoms with Gasteiger partial charge in [-0.25, -0.2) is 8.42 Å². The first-order valence-electron chi connectivity index (χ1n) is 6.50. The Bertz CT molecular complexity index is 537. The van der Waals surface area contributed by atoms with Crippen molar-refractivity contribution in [3.05, 3.63) is 29.8 Å². The number of nitrogens with zero attached hydrogens (tertiary/aromatic N) is 1. The van der Waals surface area contributed by atoms with Gasteiger partial charge in [0.15, 0.2) is 0 Å². The van der Waals surface area contributed by atoms with E-state index < -0.39 is 10.0 Å². The second-order valence-electron chi connectivity index (χ2n) is 5.84. The highest BCUT2D eigenvalue weighted by molar-refractivity contribution is 7.89. The van der Waals surface area contributed by atoms with E-state index in [0.717, 1.165) is 18.4 Å². The predicted octanol–water partition coefficient (Wildman–Crippen LogP) is 2.89. The quantitative estimate of drug-likeness (QED) is 0.802. The molecule has 19 heavy (non-hydrogen) atoms. The van der Waals surface area contributed by atoms with Crippen molar-refractivity contribution in [2.24, 2.45) is 5.41 Å².